The second-order valence-corrected chi connectivity index (χ2v) is 4.97. The number of ether oxygens (including phenoxy) is 1. The Morgan fingerprint density at radius 2 is 1.76 bits per heavy atom. The van der Waals surface area contributed by atoms with Crippen molar-refractivity contribution >= 4 is 30.8 Å². The first-order chi connectivity index (χ1) is 10.8. The number of alkyl halides is 3. The molecule has 0 spiro atoms. The molecule has 0 aliphatic rings. The number of nitrogens with two attached hydrogens (primary N) is 1. The molecule has 4 nitrogen and oxygen atoms in total. The van der Waals surface area contributed by atoms with Gasteiger partial charge in [-0.05, 0) is 29.2 Å². The third-order valence-corrected chi connectivity index (χ3v) is 3.09. The number of benzene rings is 1. The van der Waals surface area contributed by atoms with E-state index in [1.165, 1.54) is 0 Å². The van der Waals surface area contributed by atoms with Gasteiger partial charge in [0.2, 0.25) is 0 Å². The van der Waals surface area contributed by atoms with Crippen molar-refractivity contribution in [1.29, 1.82) is 0 Å². The molecule has 0 aliphatic heterocycles. The van der Waals surface area contributed by atoms with Crippen molar-refractivity contribution in [3.63, 3.8) is 0 Å². The predicted octanol–water partition coefficient (Wildman–Crippen LogP) is 3.57. The highest BCUT2D eigenvalue weighted by Crippen LogP contribution is 2.19. The standard InChI is InChI=1S/C16H15F3N2O2.2ClH/c17-16(18,19)10-23-15(22)14(20)8-11-3-5-12(6-4-11)13-2-1-7-21-9-13;;/h1-7,9,14H,8,10,20H2;2*1H/t14-;;/m0../s1. The zero-order chi connectivity index (χ0) is 16.9. The highest BCUT2D eigenvalue weighted by atomic mass is 35.5. The minimum Gasteiger partial charge on any atom is -0.455 e. The van der Waals surface area contributed by atoms with E-state index in [9.17, 15) is 18.0 Å². The largest absolute Gasteiger partial charge is 0.455 e. The molecule has 0 radical (unpaired) electrons. The summed E-state index contributed by atoms with van der Waals surface area (Å²) < 4.78 is 40.1. The van der Waals surface area contributed by atoms with Crippen LogP contribution in [-0.4, -0.2) is 29.8 Å². The molecule has 2 rings (SSSR count). The fourth-order valence-electron chi connectivity index (χ4n) is 1.96. The van der Waals surface area contributed by atoms with Crippen LogP contribution in [0.3, 0.4) is 0 Å². The Balaban J connectivity index is 0.00000288. The van der Waals surface area contributed by atoms with Gasteiger partial charge in [0.25, 0.3) is 0 Å². The summed E-state index contributed by atoms with van der Waals surface area (Å²) in [6.07, 6.45) is -1.07. The van der Waals surface area contributed by atoms with Gasteiger partial charge in [-0.2, -0.15) is 13.2 Å². The van der Waals surface area contributed by atoms with Crippen molar-refractivity contribution in [1.82, 2.24) is 4.98 Å². The number of carbonyl (C=O) groups is 1. The molecule has 2 aromatic rings. The molecular weight excluding hydrogens is 380 g/mol. The molecule has 25 heavy (non-hydrogen) atoms. The van der Waals surface area contributed by atoms with Gasteiger partial charge in [-0.1, -0.05) is 30.3 Å². The van der Waals surface area contributed by atoms with Crippen LogP contribution in [0.15, 0.2) is 48.8 Å². The molecule has 1 aromatic heterocycles. The number of hydrogen-bond donors (Lipinski definition) is 1. The molecule has 0 fully saturated rings. The first kappa shape index (κ1) is 23.2. The zero-order valence-corrected chi connectivity index (χ0v) is 14.5. The van der Waals surface area contributed by atoms with E-state index in [1.54, 1.807) is 24.5 Å². The van der Waals surface area contributed by atoms with Crippen molar-refractivity contribution in [3.05, 3.63) is 54.4 Å². The topological polar surface area (TPSA) is 65.2 Å². The van der Waals surface area contributed by atoms with Crippen molar-refractivity contribution < 1.29 is 22.7 Å². The number of esters is 1. The molecule has 0 bridgehead atoms. The summed E-state index contributed by atoms with van der Waals surface area (Å²) in [5.41, 5.74) is 8.18. The van der Waals surface area contributed by atoms with Gasteiger partial charge in [0.1, 0.15) is 6.04 Å². The van der Waals surface area contributed by atoms with Crippen LogP contribution in [0.4, 0.5) is 13.2 Å². The number of carbonyl (C=O) groups excluding carboxylic acids is 1. The highest BCUT2D eigenvalue weighted by molar-refractivity contribution is 5.85. The van der Waals surface area contributed by atoms with Gasteiger partial charge in [0.15, 0.2) is 6.61 Å². The number of pyridine rings is 1. The second kappa shape index (κ2) is 10.2. The first-order valence-corrected chi connectivity index (χ1v) is 6.83. The Morgan fingerprint density at radius 1 is 1.12 bits per heavy atom. The molecule has 1 atom stereocenters. The molecule has 2 N–H and O–H groups in total. The average molecular weight is 397 g/mol. The smallest absolute Gasteiger partial charge is 0.422 e. The minimum absolute atomic E-state index is 0. The van der Waals surface area contributed by atoms with E-state index >= 15 is 0 Å². The van der Waals surface area contributed by atoms with Crippen LogP contribution in [0.5, 0.6) is 0 Å². The maximum absolute atomic E-state index is 12.0. The summed E-state index contributed by atoms with van der Waals surface area (Å²) >= 11 is 0. The molecule has 0 aliphatic carbocycles. The lowest BCUT2D eigenvalue weighted by Gasteiger charge is -2.13. The van der Waals surface area contributed by atoms with Crippen LogP contribution in [0.2, 0.25) is 0 Å². The molecule has 0 saturated carbocycles. The highest BCUT2D eigenvalue weighted by Gasteiger charge is 2.30. The normalized spacial score (nSPS) is 11.7. The lowest BCUT2D eigenvalue weighted by molar-refractivity contribution is -0.187. The van der Waals surface area contributed by atoms with Gasteiger partial charge in [-0.25, -0.2) is 0 Å². The molecule has 1 heterocycles. The number of rotatable bonds is 5. The summed E-state index contributed by atoms with van der Waals surface area (Å²) in [7, 11) is 0. The third kappa shape index (κ3) is 7.72. The molecule has 9 heteroatoms. The lowest BCUT2D eigenvalue weighted by Crippen LogP contribution is -2.36. The van der Waals surface area contributed by atoms with Crippen molar-refractivity contribution in [3.8, 4) is 11.1 Å². The van der Waals surface area contributed by atoms with E-state index in [-0.39, 0.29) is 31.2 Å². The number of aromatic nitrogens is 1. The summed E-state index contributed by atoms with van der Waals surface area (Å²) in [4.78, 5) is 15.4. The summed E-state index contributed by atoms with van der Waals surface area (Å²) in [5.74, 6) is -1.07. The van der Waals surface area contributed by atoms with Crippen molar-refractivity contribution in [2.24, 2.45) is 5.73 Å². The van der Waals surface area contributed by atoms with Crippen LogP contribution in [0, 0.1) is 0 Å². The van der Waals surface area contributed by atoms with Gasteiger partial charge in [0.05, 0.1) is 0 Å². The monoisotopic (exact) mass is 396 g/mol. The van der Waals surface area contributed by atoms with Crippen molar-refractivity contribution in [2.75, 3.05) is 6.61 Å². The van der Waals surface area contributed by atoms with Crippen LogP contribution in [0.1, 0.15) is 5.56 Å². The molecule has 1 aromatic carbocycles. The fourth-order valence-corrected chi connectivity index (χ4v) is 1.96. The maximum Gasteiger partial charge on any atom is 0.422 e. The predicted molar refractivity (Wildman–Crippen MR) is 92.9 cm³/mol. The summed E-state index contributed by atoms with van der Waals surface area (Å²) in [6, 6.07) is 9.78. The average Bonchev–Trinajstić information content (AvgIpc) is 2.53. The molecule has 138 valence electrons. The number of nitrogens with zero attached hydrogens (tertiary/aromatic N) is 1. The number of halogens is 5. The molecule has 0 saturated heterocycles. The van der Waals surface area contributed by atoms with Gasteiger partial charge in [-0.3, -0.25) is 9.78 Å². The van der Waals surface area contributed by atoms with Gasteiger partial charge in [0, 0.05) is 12.4 Å². The van der Waals surface area contributed by atoms with Crippen LogP contribution in [-0.2, 0) is 16.0 Å². The second-order valence-electron chi connectivity index (χ2n) is 4.97. The quantitative estimate of drug-likeness (QED) is 0.784. The Bertz CT molecular complexity index is 653. The molecule has 0 unspecified atom stereocenters. The van der Waals surface area contributed by atoms with Gasteiger partial charge in [-0.15, -0.1) is 24.8 Å². The number of hydrogen-bond acceptors (Lipinski definition) is 4. The third-order valence-electron chi connectivity index (χ3n) is 3.09. The van der Waals surface area contributed by atoms with E-state index in [0.29, 0.717) is 0 Å². The van der Waals surface area contributed by atoms with Crippen LogP contribution >= 0.6 is 24.8 Å². The van der Waals surface area contributed by atoms with Crippen LogP contribution in [0.25, 0.3) is 11.1 Å². The Labute approximate surface area is 155 Å². The first-order valence-electron chi connectivity index (χ1n) is 6.83. The van der Waals surface area contributed by atoms with E-state index < -0.39 is 24.8 Å². The molecule has 0 amide bonds. The van der Waals surface area contributed by atoms with Crippen molar-refractivity contribution in [2.45, 2.75) is 18.6 Å². The van der Waals surface area contributed by atoms with Gasteiger partial charge < -0.3 is 10.5 Å². The van der Waals surface area contributed by atoms with E-state index in [0.717, 1.165) is 16.7 Å². The Morgan fingerprint density at radius 3 is 2.28 bits per heavy atom. The van der Waals surface area contributed by atoms with Gasteiger partial charge >= 0.3 is 12.1 Å². The SMILES string of the molecule is Cl.Cl.N[C@@H](Cc1ccc(-c2cccnc2)cc1)C(=O)OCC(F)(F)F. The minimum atomic E-state index is -4.55. The Kier molecular flexibility index (Phi) is 9.48. The summed E-state index contributed by atoms with van der Waals surface area (Å²) in [5, 5.41) is 0. The van der Waals surface area contributed by atoms with Crippen LogP contribution < -0.4 is 5.73 Å². The summed E-state index contributed by atoms with van der Waals surface area (Å²) in [6.45, 7) is -1.63. The molecular formula is C16H17Cl2F3N2O2. The van der Waals surface area contributed by atoms with E-state index in [1.807, 2.05) is 24.3 Å². The van der Waals surface area contributed by atoms with E-state index in [2.05, 4.69) is 9.72 Å². The Hall–Kier alpha value is -1.83. The zero-order valence-electron chi connectivity index (χ0n) is 12.9. The fraction of sp³-hybridized carbons (Fsp3) is 0.250. The van der Waals surface area contributed by atoms with E-state index in [4.69, 9.17) is 5.73 Å². The maximum atomic E-state index is 12.0. The lowest BCUT2D eigenvalue weighted by atomic mass is 10.0.